The third-order valence-electron chi connectivity index (χ3n) is 2.94. The molecule has 0 spiro atoms. The molecule has 0 saturated carbocycles. The van der Waals surface area contributed by atoms with Crippen LogP contribution in [-0.2, 0) is 9.53 Å². The highest BCUT2D eigenvalue weighted by Crippen LogP contribution is 2.26. The second-order valence-electron chi connectivity index (χ2n) is 4.28. The lowest BCUT2D eigenvalue weighted by Gasteiger charge is -2.21. The highest BCUT2D eigenvalue weighted by molar-refractivity contribution is 7.99. The molecule has 0 radical (unpaired) electrons. The van der Waals surface area contributed by atoms with Gasteiger partial charge in [-0.2, -0.15) is 8.78 Å². The molecule has 3 nitrogen and oxygen atoms in total. The third-order valence-corrected chi connectivity index (χ3v) is 3.66. The molecule has 0 atom stereocenters. The Labute approximate surface area is 114 Å². The van der Waals surface area contributed by atoms with Gasteiger partial charge >= 0.3 is 0 Å². The van der Waals surface area contributed by atoms with Crippen molar-refractivity contribution in [2.45, 2.75) is 23.5 Å². The van der Waals surface area contributed by atoms with Crippen LogP contribution in [0.4, 0.5) is 14.5 Å². The van der Waals surface area contributed by atoms with Crippen LogP contribution in [0.3, 0.4) is 0 Å². The Morgan fingerprint density at radius 2 is 1.89 bits per heavy atom. The predicted octanol–water partition coefficient (Wildman–Crippen LogP) is 3.37. The zero-order valence-electron chi connectivity index (χ0n) is 10.3. The summed E-state index contributed by atoms with van der Waals surface area (Å²) in [6, 6.07) is 6.44. The maximum absolute atomic E-state index is 12.2. The summed E-state index contributed by atoms with van der Waals surface area (Å²) in [6.45, 7) is 1.23. The summed E-state index contributed by atoms with van der Waals surface area (Å²) in [5.41, 5.74) is 0.634. The topological polar surface area (TPSA) is 38.3 Å². The summed E-state index contributed by atoms with van der Waals surface area (Å²) in [5.74, 6) is -2.48. The number of carbonyl (C=O) groups is 1. The van der Waals surface area contributed by atoms with E-state index in [0.29, 0.717) is 35.6 Å². The average Bonchev–Trinajstić information content (AvgIpc) is 2.41. The number of carbonyl (C=O) groups excluding carboxylic acids is 1. The van der Waals surface area contributed by atoms with Crippen LogP contribution in [-0.4, -0.2) is 24.9 Å². The molecule has 1 saturated heterocycles. The maximum Gasteiger partial charge on any atom is 0.288 e. The first-order valence-electron chi connectivity index (χ1n) is 6.08. The maximum atomic E-state index is 12.2. The number of hydrogen-bond acceptors (Lipinski definition) is 3. The molecule has 1 heterocycles. The molecule has 19 heavy (non-hydrogen) atoms. The lowest BCUT2D eigenvalue weighted by Crippen LogP contribution is -2.28. The van der Waals surface area contributed by atoms with E-state index in [0.717, 1.165) is 12.8 Å². The van der Waals surface area contributed by atoms with Gasteiger partial charge in [0.25, 0.3) is 5.76 Å². The quantitative estimate of drug-likeness (QED) is 0.863. The molecule has 0 bridgehead atoms. The summed E-state index contributed by atoms with van der Waals surface area (Å²) in [5, 5.41) is 2.80. The van der Waals surface area contributed by atoms with Crippen molar-refractivity contribution in [3.63, 3.8) is 0 Å². The van der Waals surface area contributed by atoms with E-state index in [-0.39, 0.29) is 11.8 Å². The van der Waals surface area contributed by atoms with Gasteiger partial charge in [-0.05, 0) is 37.1 Å². The second kappa shape index (κ2) is 6.86. The standard InChI is InChI=1S/C13H15F2NO2S/c14-13(15)19-11-3-1-10(2-4-11)16-12(17)9-5-7-18-8-6-9/h1-4,9,13H,5-8H2,(H,16,17). The fourth-order valence-electron chi connectivity index (χ4n) is 1.92. The van der Waals surface area contributed by atoms with Gasteiger partial charge in [0.05, 0.1) is 0 Å². The summed E-state index contributed by atoms with van der Waals surface area (Å²) in [4.78, 5) is 12.4. The minimum absolute atomic E-state index is 0.0242. The first kappa shape index (κ1) is 14.3. The summed E-state index contributed by atoms with van der Waals surface area (Å²) < 4.78 is 29.5. The Bertz CT molecular complexity index is 419. The van der Waals surface area contributed by atoms with Crippen molar-refractivity contribution in [3.05, 3.63) is 24.3 Å². The normalized spacial score (nSPS) is 16.6. The number of amides is 1. The lowest BCUT2D eigenvalue weighted by atomic mass is 9.99. The summed E-state index contributed by atoms with van der Waals surface area (Å²) in [6.07, 6.45) is 1.45. The lowest BCUT2D eigenvalue weighted by molar-refractivity contribution is -0.122. The zero-order valence-corrected chi connectivity index (χ0v) is 11.1. The van der Waals surface area contributed by atoms with Gasteiger partial charge in [-0.3, -0.25) is 4.79 Å². The van der Waals surface area contributed by atoms with Crippen LogP contribution in [0, 0.1) is 5.92 Å². The van der Waals surface area contributed by atoms with E-state index < -0.39 is 5.76 Å². The fourth-order valence-corrected chi connectivity index (χ4v) is 2.42. The predicted molar refractivity (Wildman–Crippen MR) is 70.5 cm³/mol. The van der Waals surface area contributed by atoms with Gasteiger partial charge in [0, 0.05) is 29.7 Å². The molecule has 6 heteroatoms. The third kappa shape index (κ3) is 4.47. The Morgan fingerprint density at radius 1 is 1.26 bits per heavy atom. The number of halogens is 2. The van der Waals surface area contributed by atoms with Crippen LogP contribution in [0.2, 0.25) is 0 Å². The monoisotopic (exact) mass is 287 g/mol. The number of hydrogen-bond donors (Lipinski definition) is 1. The molecule has 104 valence electrons. The van der Waals surface area contributed by atoms with Gasteiger partial charge in [0.15, 0.2) is 0 Å². The van der Waals surface area contributed by atoms with Crippen LogP contribution in [0.5, 0.6) is 0 Å². The first-order valence-corrected chi connectivity index (χ1v) is 6.96. The number of benzene rings is 1. The Morgan fingerprint density at radius 3 is 2.47 bits per heavy atom. The van der Waals surface area contributed by atoms with Crippen LogP contribution in [0.25, 0.3) is 0 Å². The minimum atomic E-state index is -2.43. The van der Waals surface area contributed by atoms with Gasteiger partial charge in [-0.25, -0.2) is 0 Å². The van der Waals surface area contributed by atoms with E-state index in [2.05, 4.69) is 5.32 Å². The number of thioether (sulfide) groups is 1. The van der Waals surface area contributed by atoms with Gasteiger partial charge in [-0.1, -0.05) is 11.8 Å². The number of rotatable bonds is 4. The molecule has 0 unspecified atom stereocenters. The second-order valence-corrected chi connectivity index (χ2v) is 5.34. The SMILES string of the molecule is O=C(Nc1ccc(SC(F)F)cc1)C1CCOCC1. The van der Waals surface area contributed by atoms with Gasteiger partial charge in [-0.15, -0.1) is 0 Å². The highest BCUT2D eigenvalue weighted by atomic mass is 32.2. The van der Waals surface area contributed by atoms with Crippen LogP contribution in [0.1, 0.15) is 12.8 Å². The van der Waals surface area contributed by atoms with Crippen molar-refractivity contribution >= 4 is 23.4 Å². The van der Waals surface area contributed by atoms with Crippen molar-refractivity contribution in [3.8, 4) is 0 Å². The Kier molecular flexibility index (Phi) is 5.15. The Hall–Kier alpha value is -1.14. The smallest absolute Gasteiger partial charge is 0.288 e. The van der Waals surface area contributed by atoms with E-state index in [9.17, 15) is 13.6 Å². The van der Waals surface area contributed by atoms with Gasteiger partial charge < -0.3 is 10.1 Å². The number of anilines is 1. The molecule has 1 fully saturated rings. The van der Waals surface area contributed by atoms with Gasteiger partial charge in [0.2, 0.25) is 5.91 Å². The molecule has 1 aromatic carbocycles. The number of alkyl halides is 2. The molecule has 0 aromatic heterocycles. The van der Waals surface area contributed by atoms with Crippen molar-refractivity contribution in [2.24, 2.45) is 5.92 Å². The van der Waals surface area contributed by atoms with Gasteiger partial charge in [0.1, 0.15) is 0 Å². The molecule has 1 aromatic rings. The number of nitrogens with one attached hydrogen (secondary N) is 1. The molecule has 1 N–H and O–H groups in total. The summed E-state index contributed by atoms with van der Waals surface area (Å²) in [7, 11) is 0. The van der Waals surface area contributed by atoms with E-state index in [1.54, 1.807) is 24.3 Å². The average molecular weight is 287 g/mol. The molecule has 2 rings (SSSR count). The van der Waals surface area contributed by atoms with Crippen molar-refractivity contribution in [1.82, 2.24) is 0 Å². The minimum Gasteiger partial charge on any atom is -0.381 e. The molecule has 0 aliphatic carbocycles. The van der Waals surface area contributed by atoms with E-state index in [1.165, 1.54) is 0 Å². The van der Waals surface area contributed by atoms with E-state index in [4.69, 9.17) is 4.74 Å². The molecular formula is C13H15F2NO2S. The zero-order chi connectivity index (χ0) is 13.7. The fraction of sp³-hybridized carbons (Fsp3) is 0.462. The first-order chi connectivity index (χ1) is 9.15. The Balaban J connectivity index is 1.89. The van der Waals surface area contributed by atoms with Crippen molar-refractivity contribution < 1.29 is 18.3 Å². The van der Waals surface area contributed by atoms with Crippen LogP contribution >= 0.6 is 11.8 Å². The molecule has 1 aliphatic heterocycles. The van der Waals surface area contributed by atoms with Crippen LogP contribution in [0.15, 0.2) is 29.2 Å². The van der Waals surface area contributed by atoms with Crippen molar-refractivity contribution in [1.29, 1.82) is 0 Å². The summed E-state index contributed by atoms with van der Waals surface area (Å²) >= 11 is 0.492. The van der Waals surface area contributed by atoms with Crippen molar-refractivity contribution in [2.75, 3.05) is 18.5 Å². The highest BCUT2D eigenvalue weighted by Gasteiger charge is 2.21. The number of ether oxygens (including phenoxy) is 1. The van der Waals surface area contributed by atoms with Crippen LogP contribution < -0.4 is 5.32 Å². The van der Waals surface area contributed by atoms with E-state index >= 15 is 0 Å². The molecular weight excluding hydrogens is 272 g/mol. The molecule has 1 aliphatic rings. The molecule has 1 amide bonds. The van der Waals surface area contributed by atoms with E-state index in [1.807, 2.05) is 0 Å². The largest absolute Gasteiger partial charge is 0.381 e.